The molecule has 0 amide bonds. The van der Waals surface area contributed by atoms with Gasteiger partial charge in [0.1, 0.15) is 6.10 Å². The molecule has 0 aromatic heterocycles. The summed E-state index contributed by atoms with van der Waals surface area (Å²) in [6, 6.07) is 0. The highest BCUT2D eigenvalue weighted by molar-refractivity contribution is 6.18. The van der Waals surface area contributed by atoms with Crippen LogP contribution in [-0.4, -0.2) is 35.4 Å². The molecule has 0 aromatic carbocycles. The first kappa shape index (κ1) is 22.5. The van der Waals surface area contributed by atoms with Gasteiger partial charge in [-0.1, -0.05) is 37.1 Å². The first-order chi connectivity index (χ1) is 15.6. The highest BCUT2D eigenvalue weighted by atomic mass is 16.5. The van der Waals surface area contributed by atoms with Gasteiger partial charge in [0.05, 0.1) is 17.6 Å². The molecular formula is C28H34O5. The molecule has 0 spiro atoms. The second-order valence-corrected chi connectivity index (χ2v) is 11.2. The van der Waals surface area contributed by atoms with E-state index in [0.29, 0.717) is 29.4 Å². The molecule has 33 heavy (non-hydrogen) atoms. The van der Waals surface area contributed by atoms with Crippen LogP contribution in [0.1, 0.15) is 59.8 Å². The predicted octanol–water partition coefficient (Wildman–Crippen LogP) is 4.27. The molecule has 0 aromatic rings. The average molecular weight is 451 g/mol. The van der Waals surface area contributed by atoms with E-state index in [4.69, 9.17) is 4.74 Å². The standard InChI is InChI=1S/C28H34O5/c1-15-13-24(33-26(32)18(15)14-29)16(2)19-7-8-20-17-5-6-22-23(30)9-10-25(31)28(22,4)21(17)11-12-27(19,20)3/h6-7,9-10,16-17,20-21,24,29H,5,8,11-14H2,1-4H3. The van der Waals surface area contributed by atoms with Gasteiger partial charge in [0, 0.05) is 17.9 Å². The minimum atomic E-state index is -0.702. The van der Waals surface area contributed by atoms with Crippen LogP contribution < -0.4 is 0 Å². The normalized spacial score (nSPS) is 41.1. The van der Waals surface area contributed by atoms with Gasteiger partial charge in [0.15, 0.2) is 11.6 Å². The van der Waals surface area contributed by atoms with Crippen molar-refractivity contribution in [1.29, 1.82) is 0 Å². The zero-order valence-corrected chi connectivity index (χ0v) is 20.0. The van der Waals surface area contributed by atoms with Crippen LogP contribution >= 0.6 is 0 Å². The molecule has 176 valence electrons. The molecule has 1 aliphatic heterocycles. The lowest BCUT2D eigenvalue weighted by Crippen LogP contribution is -2.53. The lowest BCUT2D eigenvalue weighted by molar-refractivity contribution is -0.148. The van der Waals surface area contributed by atoms with Crippen LogP contribution in [0.15, 0.2) is 46.6 Å². The lowest BCUT2D eigenvalue weighted by atomic mass is 9.47. The van der Waals surface area contributed by atoms with E-state index >= 15 is 0 Å². The summed E-state index contributed by atoms with van der Waals surface area (Å²) < 4.78 is 5.78. The maximum atomic E-state index is 13.1. The quantitative estimate of drug-likeness (QED) is 0.513. The number of carbonyl (C=O) groups is 3. The highest BCUT2D eigenvalue weighted by Gasteiger charge is 2.60. The van der Waals surface area contributed by atoms with E-state index in [1.54, 1.807) is 0 Å². The Morgan fingerprint density at radius 3 is 2.58 bits per heavy atom. The van der Waals surface area contributed by atoms with Crippen LogP contribution in [0.3, 0.4) is 0 Å². The van der Waals surface area contributed by atoms with E-state index in [-0.39, 0.29) is 41.5 Å². The van der Waals surface area contributed by atoms with Gasteiger partial charge in [-0.2, -0.15) is 0 Å². The van der Waals surface area contributed by atoms with Crippen molar-refractivity contribution < 1.29 is 24.2 Å². The Labute approximate surface area is 195 Å². The Kier molecular flexibility index (Phi) is 5.20. The van der Waals surface area contributed by atoms with Crippen LogP contribution in [0.2, 0.25) is 0 Å². The number of hydrogen-bond acceptors (Lipinski definition) is 5. The first-order valence-electron chi connectivity index (χ1n) is 12.3. The van der Waals surface area contributed by atoms with Crippen molar-refractivity contribution in [2.75, 3.05) is 6.61 Å². The number of fused-ring (bicyclic) bond motifs is 5. The van der Waals surface area contributed by atoms with Gasteiger partial charge >= 0.3 is 5.97 Å². The predicted molar refractivity (Wildman–Crippen MR) is 124 cm³/mol. The van der Waals surface area contributed by atoms with E-state index in [0.717, 1.165) is 31.3 Å². The number of ketones is 2. The third kappa shape index (κ3) is 3.04. The molecule has 4 aliphatic carbocycles. The van der Waals surface area contributed by atoms with Crippen molar-refractivity contribution in [2.24, 2.45) is 34.5 Å². The van der Waals surface area contributed by atoms with Crippen molar-refractivity contribution >= 4 is 17.5 Å². The fraction of sp³-hybridized carbons (Fsp3) is 0.607. The lowest BCUT2D eigenvalue weighted by Gasteiger charge is -2.56. The maximum absolute atomic E-state index is 13.1. The molecule has 5 rings (SSSR count). The molecule has 5 heteroatoms. The third-order valence-corrected chi connectivity index (χ3v) is 9.87. The summed E-state index contributed by atoms with van der Waals surface area (Å²) in [5.74, 6) is 0.731. The summed E-state index contributed by atoms with van der Waals surface area (Å²) in [6.45, 7) is 8.14. The molecule has 1 fully saturated rings. The van der Waals surface area contributed by atoms with Crippen molar-refractivity contribution in [3.8, 4) is 0 Å². The minimum Gasteiger partial charge on any atom is -0.458 e. The SMILES string of the molecule is CC1=C(CO)C(=O)OC(C(C)C2=CCC3C4CC=C5C(=O)C=CC(=O)C5(C)C4CCC23C)C1. The summed E-state index contributed by atoms with van der Waals surface area (Å²) in [6.07, 6.45) is 11.5. The minimum absolute atomic E-state index is 0.00112. The van der Waals surface area contributed by atoms with Crippen molar-refractivity contribution in [3.05, 3.63) is 46.6 Å². The summed E-state index contributed by atoms with van der Waals surface area (Å²) in [4.78, 5) is 38.0. The Bertz CT molecular complexity index is 1060. The fourth-order valence-electron chi connectivity index (χ4n) is 7.92. The van der Waals surface area contributed by atoms with Gasteiger partial charge in [-0.15, -0.1) is 0 Å². The van der Waals surface area contributed by atoms with Crippen LogP contribution in [0.25, 0.3) is 0 Å². The second kappa shape index (κ2) is 7.63. The van der Waals surface area contributed by atoms with Crippen molar-refractivity contribution in [2.45, 2.75) is 65.9 Å². The van der Waals surface area contributed by atoms with Gasteiger partial charge in [-0.05, 0) is 74.9 Å². The number of hydrogen-bond donors (Lipinski definition) is 1. The van der Waals surface area contributed by atoms with Crippen molar-refractivity contribution in [1.82, 2.24) is 0 Å². The molecule has 0 radical (unpaired) electrons. The van der Waals surface area contributed by atoms with Crippen LogP contribution in [-0.2, 0) is 19.1 Å². The van der Waals surface area contributed by atoms with Crippen molar-refractivity contribution in [3.63, 3.8) is 0 Å². The molecule has 0 bridgehead atoms. The van der Waals surface area contributed by atoms with Crippen LogP contribution in [0, 0.1) is 34.5 Å². The van der Waals surface area contributed by atoms with Gasteiger partial charge in [0.25, 0.3) is 0 Å². The monoisotopic (exact) mass is 450 g/mol. The third-order valence-electron chi connectivity index (χ3n) is 9.87. The van der Waals surface area contributed by atoms with E-state index in [2.05, 4.69) is 19.9 Å². The number of carbonyl (C=O) groups excluding carboxylic acids is 3. The average Bonchev–Trinajstić information content (AvgIpc) is 3.13. The van der Waals surface area contributed by atoms with Gasteiger partial charge in [-0.25, -0.2) is 4.79 Å². The number of aliphatic hydroxyl groups excluding tert-OH is 1. The number of rotatable bonds is 3. The largest absolute Gasteiger partial charge is 0.458 e. The highest BCUT2D eigenvalue weighted by Crippen LogP contribution is 2.64. The molecule has 7 unspecified atom stereocenters. The molecule has 0 saturated heterocycles. The molecule has 7 atom stereocenters. The number of allylic oxidation sites excluding steroid dienone is 5. The number of ether oxygens (including phenoxy) is 1. The second-order valence-electron chi connectivity index (χ2n) is 11.2. The van der Waals surface area contributed by atoms with Crippen LogP contribution in [0.4, 0.5) is 0 Å². The fourth-order valence-corrected chi connectivity index (χ4v) is 7.92. The van der Waals surface area contributed by atoms with E-state index in [1.807, 2.05) is 19.9 Å². The molecule has 5 nitrogen and oxygen atoms in total. The zero-order valence-electron chi connectivity index (χ0n) is 20.0. The molecule has 5 aliphatic rings. The molecular weight excluding hydrogens is 416 g/mol. The van der Waals surface area contributed by atoms with Crippen LogP contribution in [0.5, 0.6) is 0 Å². The van der Waals surface area contributed by atoms with Gasteiger partial charge < -0.3 is 9.84 Å². The number of esters is 1. The zero-order chi connectivity index (χ0) is 23.7. The molecule has 1 N–H and O–H groups in total. The van der Waals surface area contributed by atoms with E-state index in [9.17, 15) is 19.5 Å². The Balaban J connectivity index is 1.41. The Morgan fingerprint density at radius 1 is 1.12 bits per heavy atom. The smallest absolute Gasteiger partial charge is 0.336 e. The number of aliphatic hydroxyl groups is 1. The first-order valence-corrected chi connectivity index (χ1v) is 12.3. The van der Waals surface area contributed by atoms with Gasteiger partial charge in [0.2, 0.25) is 0 Å². The molecule has 1 saturated carbocycles. The molecule has 1 heterocycles. The van der Waals surface area contributed by atoms with Gasteiger partial charge in [-0.3, -0.25) is 9.59 Å². The summed E-state index contributed by atoms with van der Waals surface area (Å²) in [5, 5.41) is 9.49. The number of cyclic esters (lactones) is 1. The Morgan fingerprint density at radius 2 is 1.88 bits per heavy atom. The topological polar surface area (TPSA) is 80.7 Å². The summed E-state index contributed by atoms with van der Waals surface area (Å²) in [5.41, 5.74) is 2.68. The van der Waals surface area contributed by atoms with E-state index < -0.39 is 11.4 Å². The summed E-state index contributed by atoms with van der Waals surface area (Å²) >= 11 is 0. The summed E-state index contributed by atoms with van der Waals surface area (Å²) in [7, 11) is 0. The van der Waals surface area contributed by atoms with E-state index in [1.165, 1.54) is 17.7 Å². The maximum Gasteiger partial charge on any atom is 0.336 e. The Hall–Kier alpha value is -2.27.